The van der Waals surface area contributed by atoms with Crippen LogP contribution in [-0.2, 0) is 9.59 Å². The Balaban J connectivity index is 1.59. The molecule has 0 saturated carbocycles. The second kappa shape index (κ2) is 9.81. The molecule has 0 bridgehead atoms. The maximum absolute atomic E-state index is 13.4. The molecule has 2 aliphatic heterocycles. The Kier molecular flexibility index (Phi) is 6.54. The van der Waals surface area contributed by atoms with Gasteiger partial charge < -0.3 is 19.2 Å². The van der Waals surface area contributed by atoms with Gasteiger partial charge in [0, 0.05) is 24.5 Å². The van der Waals surface area contributed by atoms with Crippen molar-refractivity contribution in [2.24, 2.45) is 5.92 Å². The predicted molar refractivity (Wildman–Crippen MR) is 143 cm³/mol. The quantitative estimate of drug-likeness (QED) is 0.272. The van der Waals surface area contributed by atoms with Crippen molar-refractivity contribution < 1.29 is 23.8 Å². The Morgan fingerprint density at radius 1 is 1.03 bits per heavy atom. The number of aryl methyl sites for hydroxylation is 2. The summed E-state index contributed by atoms with van der Waals surface area (Å²) in [6.07, 6.45) is 3.79. The van der Waals surface area contributed by atoms with Crippen LogP contribution in [0.3, 0.4) is 0 Å². The number of aliphatic hydroxyl groups is 1. The number of benzene rings is 2. The zero-order valence-electron chi connectivity index (χ0n) is 21.7. The van der Waals surface area contributed by atoms with Crippen LogP contribution in [0, 0.1) is 19.8 Å². The zero-order chi connectivity index (χ0) is 26.3. The molecule has 3 aromatic rings. The van der Waals surface area contributed by atoms with Crippen molar-refractivity contribution in [2.45, 2.75) is 39.7 Å². The predicted octanol–water partition coefficient (Wildman–Crippen LogP) is 5.77. The molecule has 1 N–H and O–H groups in total. The fourth-order valence-electron chi connectivity index (χ4n) is 5.45. The van der Waals surface area contributed by atoms with Crippen molar-refractivity contribution in [3.63, 3.8) is 0 Å². The number of methoxy groups -OCH3 is 1. The molecule has 192 valence electrons. The largest absolute Gasteiger partial charge is 0.507 e. The number of ether oxygens (including phenoxy) is 1. The molecule has 2 saturated heterocycles. The summed E-state index contributed by atoms with van der Waals surface area (Å²) in [5, 5.41) is 11.5. The van der Waals surface area contributed by atoms with Crippen LogP contribution in [-0.4, -0.2) is 37.0 Å². The molecule has 1 unspecified atom stereocenters. The Hall–Kier alpha value is -4.00. The van der Waals surface area contributed by atoms with Crippen molar-refractivity contribution in [2.75, 3.05) is 30.0 Å². The number of carbonyl (C=O) groups is 2. The molecular weight excluding hydrogens is 468 g/mol. The number of anilines is 2. The third kappa shape index (κ3) is 4.39. The zero-order valence-corrected chi connectivity index (χ0v) is 21.7. The molecule has 1 amide bonds. The number of piperidine rings is 1. The molecule has 0 radical (unpaired) electrons. The van der Waals surface area contributed by atoms with Crippen LogP contribution >= 0.6 is 0 Å². The van der Waals surface area contributed by atoms with Crippen LogP contribution < -0.4 is 14.5 Å². The maximum Gasteiger partial charge on any atom is 0.300 e. The highest BCUT2D eigenvalue weighted by Crippen LogP contribution is 2.44. The van der Waals surface area contributed by atoms with E-state index in [-0.39, 0.29) is 11.3 Å². The number of Topliss-reactive ketones (excluding diaryl/α,β-unsaturated/α-hetero) is 1. The monoisotopic (exact) mass is 500 g/mol. The fourth-order valence-corrected chi connectivity index (χ4v) is 5.45. The molecule has 7 heteroatoms. The summed E-state index contributed by atoms with van der Waals surface area (Å²) in [5.41, 5.74) is 3.69. The smallest absolute Gasteiger partial charge is 0.300 e. The summed E-state index contributed by atoms with van der Waals surface area (Å²) in [7, 11) is 1.52. The highest BCUT2D eigenvalue weighted by molar-refractivity contribution is 6.51. The van der Waals surface area contributed by atoms with E-state index in [0.717, 1.165) is 48.7 Å². The van der Waals surface area contributed by atoms with E-state index in [0.29, 0.717) is 22.8 Å². The third-order valence-corrected chi connectivity index (χ3v) is 7.41. The molecule has 2 aliphatic rings. The average molecular weight is 501 g/mol. The summed E-state index contributed by atoms with van der Waals surface area (Å²) in [4.78, 5) is 30.6. The van der Waals surface area contributed by atoms with Gasteiger partial charge in [0.05, 0.1) is 24.5 Å². The van der Waals surface area contributed by atoms with E-state index >= 15 is 0 Å². The second-order valence-corrected chi connectivity index (χ2v) is 10.0. The highest BCUT2D eigenvalue weighted by atomic mass is 16.5. The molecule has 7 nitrogen and oxygen atoms in total. The van der Waals surface area contributed by atoms with Crippen molar-refractivity contribution in [1.82, 2.24) is 0 Å². The Labute approximate surface area is 216 Å². The summed E-state index contributed by atoms with van der Waals surface area (Å²) >= 11 is 0. The summed E-state index contributed by atoms with van der Waals surface area (Å²) in [6, 6.07) is 13.9. The van der Waals surface area contributed by atoms with Gasteiger partial charge in [-0.2, -0.15) is 0 Å². The molecule has 5 rings (SSSR count). The van der Waals surface area contributed by atoms with Gasteiger partial charge in [0.15, 0.2) is 0 Å². The fraction of sp³-hybridized carbons (Fsp3) is 0.333. The lowest BCUT2D eigenvalue weighted by Gasteiger charge is -2.32. The first-order valence-corrected chi connectivity index (χ1v) is 12.6. The van der Waals surface area contributed by atoms with E-state index in [9.17, 15) is 14.7 Å². The number of amides is 1. The number of ketones is 1. The minimum absolute atomic E-state index is 0.0302. The van der Waals surface area contributed by atoms with Crippen LogP contribution in [0.5, 0.6) is 5.75 Å². The minimum atomic E-state index is -0.915. The Morgan fingerprint density at radius 3 is 2.32 bits per heavy atom. The molecule has 37 heavy (non-hydrogen) atoms. The lowest BCUT2D eigenvalue weighted by molar-refractivity contribution is -0.132. The normalized spacial score (nSPS) is 20.1. The number of carbonyl (C=O) groups excluding carboxylic acids is 2. The van der Waals surface area contributed by atoms with E-state index < -0.39 is 17.7 Å². The molecule has 1 atom stereocenters. The van der Waals surface area contributed by atoms with Gasteiger partial charge in [-0.3, -0.25) is 14.5 Å². The van der Waals surface area contributed by atoms with Gasteiger partial charge in [0.2, 0.25) is 0 Å². The summed E-state index contributed by atoms with van der Waals surface area (Å²) in [6.45, 7) is 8.04. The molecule has 0 aliphatic carbocycles. The molecule has 2 aromatic carbocycles. The first kappa shape index (κ1) is 24.7. The standard InChI is InChI=1S/C30H32N2O5/c1-18-11-13-31(14-12-18)21-7-9-22(10-8-21)32-26(24-6-5-15-37-24)25(28(34)30(32)35)27(33)23-17-19(2)16-20(3)29(23)36-4/h5-10,15-18,26,33H,11-14H2,1-4H3/b27-25-. The van der Waals surface area contributed by atoms with Crippen molar-refractivity contribution in [3.8, 4) is 5.75 Å². The molecule has 1 aromatic heterocycles. The lowest BCUT2D eigenvalue weighted by atomic mass is 9.96. The first-order valence-electron chi connectivity index (χ1n) is 12.6. The van der Waals surface area contributed by atoms with Gasteiger partial charge in [-0.05, 0) is 86.2 Å². The third-order valence-electron chi connectivity index (χ3n) is 7.41. The lowest BCUT2D eigenvalue weighted by Crippen LogP contribution is -2.33. The van der Waals surface area contributed by atoms with Crippen molar-refractivity contribution in [3.05, 3.63) is 82.8 Å². The van der Waals surface area contributed by atoms with Crippen LogP contribution in [0.2, 0.25) is 0 Å². The number of aliphatic hydroxyl groups excluding tert-OH is 1. The van der Waals surface area contributed by atoms with Crippen LogP contribution in [0.25, 0.3) is 5.76 Å². The van der Waals surface area contributed by atoms with Crippen LogP contribution in [0.15, 0.2) is 64.8 Å². The number of furan rings is 1. The van der Waals surface area contributed by atoms with Gasteiger partial charge in [-0.1, -0.05) is 13.0 Å². The molecule has 0 spiro atoms. The van der Waals surface area contributed by atoms with Crippen LogP contribution in [0.1, 0.15) is 48.3 Å². The van der Waals surface area contributed by atoms with E-state index in [2.05, 4.69) is 11.8 Å². The van der Waals surface area contributed by atoms with Gasteiger partial charge in [0.1, 0.15) is 23.3 Å². The minimum Gasteiger partial charge on any atom is -0.507 e. The number of rotatable bonds is 5. The van der Waals surface area contributed by atoms with Gasteiger partial charge in [-0.15, -0.1) is 0 Å². The summed E-state index contributed by atoms with van der Waals surface area (Å²) < 4.78 is 11.2. The molecule has 2 fully saturated rings. The van der Waals surface area contributed by atoms with Crippen molar-refractivity contribution in [1.29, 1.82) is 0 Å². The second-order valence-electron chi connectivity index (χ2n) is 10.0. The van der Waals surface area contributed by atoms with E-state index in [4.69, 9.17) is 9.15 Å². The van der Waals surface area contributed by atoms with Gasteiger partial charge in [-0.25, -0.2) is 0 Å². The Morgan fingerprint density at radius 2 is 1.70 bits per heavy atom. The van der Waals surface area contributed by atoms with Gasteiger partial charge in [0.25, 0.3) is 11.7 Å². The highest BCUT2D eigenvalue weighted by Gasteiger charge is 2.48. The van der Waals surface area contributed by atoms with Crippen LogP contribution in [0.4, 0.5) is 11.4 Å². The molecule has 3 heterocycles. The van der Waals surface area contributed by atoms with E-state index in [1.165, 1.54) is 18.3 Å². The summed E-state index contributed by atoms with van der Waals surface area (Å²) in [5.74, 6) is -0.206. The first-order chi connectivity index (χ1) is 17.8. The number of hydrogen-bond acceptors (Lipinski definition) is 6. The van der Waals surface area contributed by atoms with Crippen molar-refractivity contribution >= 4 is 28.8 Å². The maximum atomic E-state index is 13.4. The number of hydrogen-bond donors (Lipinski definition) is 1. The number of nitrogens with zero attached hydrogens (tertiary/aromatic N) is 2. The Bertz CT molecular complexity index is 1350. The average Bonchev–Trinajstić information content (AvgIpc) is 3.51. The topological polar surface area (TPSA) is 83.2 Å². The van der Waals surface area contributed by atoms with Gasteiger partial charge >= 0.3 is 0 Å². The van der Waals surface area contributed by atoms with E-state index in [1.54, 1.807) is 18.2 Å². The molecular formula is C30H32N2O5. The SMILES string of the molecule is COc1c(C)cc(C)cc1/C(O)=C1/C(=O)C(=O)N(c2ccc(N3CCC(C)CC3)cc2)C1c1ccco1. The van der Waals surface area contributed by atoms with E-state index in [1.807, 2.05) is 44.2 Å².